The van der Waals surface area contributed by atoms with Gasteiger partial charge in [0.15, 0.2) is 5.82 Å². The van der Waals surface area contributed by atoms with Crippen molar-refractivity contribution in [3.05, 3.63) is 41.5 Å². The van der Waals surface area contributed by atoms with Crippen molar-refractivity contribution in [2.75, 3.05) is 11.9 Å². The van der Waals surface area contributed by atoms with Crippen molar-refractivity contribution in [1.29, 1.82) is 0 Å². The molecule has 0 aliphatic carbocycles. The van der Waals surface area contributed by atoms with Gasteiger partial charge in [-0.25, -0.2) is 4.98 Å². The van der Waals surface area contributed by atoms with Crippen LogP contribution in [0.1, 0.15) is 17.2 Å². The number of nitrogens with zero attached hydrogens (tertiary/aromatic N) is 2. The summed E-state index contributed by atoms with van der Waals surface area (Å²) in [7, 11) is 0. The van der Waals surface area contributed by atoms with Crippen LogP contribution in [-0.2, 0) is 6.42 Å². The van der Waals surface area contributed by atoms with Crippen molar-refractivity contribution in [3.63, 3.8) is 0 Å². The fourth-order valence-corrected chi connectivity index (χ4v) is 1.49. The number of aromatic amines is 1. The lowest BCUT2D eigenvalue weighted by Crippen LogP contribution is -2.05. The van der Waals surface area contributed by atoms with Gasteiger partial charge in [0.1, 0.15) is 5.82 Å². The van der Waals surface area contributed by atoms with Gasteiger partial charge < -0.3 is 5.32 Å². The third-order valence-electron chi connectivity index (χ3n) is 2.37. The number of hydrogen-bond acceptors (Lipinski definition) is 3. The summed E-state index contributed by atoms with van der Waals surface area (Å²) in [5, 5.41) is 10.3. The Balaban J connectivity index is 1.82. The fourth-order valence-electron chi connectivity index (χ4n) is 1.49. The summed E-state index contributed by atoms with van der Waals surface area (Å²) in [4.78, 5) is 4.25. The zero-order valence-electron chi connectivity index (χ0n) is 9.62. The topological polar surface area (TPSA) is 53.6 Å². The minimum Gasteiger partial charge on any atom is -0.385 e. The molecule has 1 heterocycles. The normalized spacial score (nSPS) is 10.4. The average Bonchev–Trinajstić information content (AvgIpc) is 2.67. The van der Waals surface area contributed by atoms with E-state index in [2.05, 4.69) is 51.7 Å². The van der Waals surface area contributed by atoms with Gasteiger partial charge in [-0.15, -0.1) is 0 Å². The van der Waals surface area contributed by atoms with Gasteiger partial charge in [-0.2, -0.15) is 5.10 Å². The summed E-state index contributed by atoms with van der Waals surface area (Å²) >= 11 is 0. The van der Waals surface area contributed by atoms with Crippen LogP contribution in [0.5, 0.6) is 0 Å². The van der Waals surface area contributed by atoms with E-state index in [0.717, 1.165) is 30.3 Å². The van der Waals surface area contributed by atoms with Gasteiger partial charge in [-0.1, -0.05) is 17.7 Å². The van der Waals surface area contributed by atoms with Crippen LogP contribution in [0.4, 0.5) is 5.69 Å². The number of nitrogens with one attached hydrogen (secondary N) is 2. The van der Waals surface area contributed by atoms with E-state index in [4.69, 9.17) is 0 Å². The number of hydrogen-bond donors (Lipinski definition) is 2. The van der Waals surface area contributed by atoms with E-state index in [1.54, 1.807) is 0 Å². The zero-order chi connectivity index (χ0) is 11.4. The van der Waals surface area contributed by atoms with Crippen LogP contribution in [0.3, 0.4) is 0 Å². The summed E-state index contributed by atoms with van der Waals surface area (Å²) in [6.07, 6.45) is 0.832. The highest BCUT2D eigenvalue weighted by atomic mass is 15.2. The lowest BCUT2D eigenvalue weighted by Gasteiger charge is -2.04. The Kier molecular flexibility index (Phi) is 3.19. The number of H-pyrrole nitrogens is 1. The number of aromatic nitrogens is 3. The zero-order valence-corrected chi connectivity index (χ0v) is 9.62. The van der Waals surface area contributed by atoms with Gasteiger partial charge in [0.2, 0.25) is 0 Å². The molecule has 2 N–H and O–H groups in total. The maximum absolute atomic E-state index is 4.25. The molecule has 0 saturated heterocycles. The second-order valence-corrected chi connectivity index (χ2v) is 3.88. The summed E-state index contributed by atoms with van der Waals surface area (Å²) in [6.45, 7) is 4.84. The third-order valence-corrected chi connectivity index (χ3v) is 2.37. The molecule has 4 nitrogen and oxygen atoms in total. The van der Waals surface area contributed by atoms with Crippen molar-refractivity contribution in [1.82, 2.24) is 15.2 Å². The van der Waals surface area contributed by atoms with Gasteiger partial charge in [-0.05, 0) is 26.0 Å². The Bertz CT molecular complexity index is 444. The molecule has 0 saturated carbocycles. The van der Waals surface area contributed by atoms with Crippen LogP contribution >= 0.6 is 0 Å². The van der Waals surface area contributed by atoms with Crippen molar-refractivity contribution < 1.29 is 0 Å². The minimum absolute atomic E-state index is 0.832. The second kappa shape index (κ2) is 4.79. The van der Waals surface area contributed by atoms with Crippen molar-refractivity contribution in [2.24, 2.45) is 0 Å². The van der Waals surface area contributed by atoms with E-state index in [0.29, 0.717) is 0 Å². The summed E-state index contributed by atoms with van der Waals surface area (Å²) in [5.74, 6) is 1.72. The molecule has 4 heteroatoms. The molecule has 0 unspecified atom stereocenters. The molecule has 2 rings (SSSR count). The molecule has 2 aromatic rings. The van der Waals surface area contributed by atoms with Gasteiger partial charge in [-0.3, -0.25) is 5.10 Å². The van der Waals surface area contributed by atoms with Crippen molar-refractivity contribution in [3.8, 4) is 0 Å². The molecule has 0 bridgehead atoms. The van der Waals surface area contributed by atoms with Gasteiger partial charge in [0, 0.05) is 18.7 Å². The smallest absolute Gasteiger partial charge is 0.152 e. The first-order valence-corrected chi connectivity index (χ1v) is 5.42. The highest BCUT2D eigenvalue weighted by Gasteiger charge is 1.98. The van der Waals surface area contributed by atoms with Crippen LogP contribution in [0.15, 0.2) is 24.3 Å². The average molecular weight is 216 g/mol. The van der Waals surface area contributed by atoms with E-state index in [-0.39, 0.29) is 0 Å². The molecule has 0 aliphatic heterocycles. The third kappa shape index (κ3) is 2.82. The molecular weight excluding hydrogens is 200 g/mol. The molecule has 84 valence electrons. The van der Waals surface area contributed by atoms with E-state index in [1.807, 2.05) is 6.92 Å². The quantitative estimate of drug-likeness (QED) is 0.822. The van der Waals surface area contributed by atoms with E-state index in [9.17, 15) is 0 Å². The van der Waals surface area contributed by atoms with E-state index < -0.39 is 0 Å². The van der Waals surface area contributed by atoms with Crippen LogP contribution < -0.4 is 5.32 Å². The maximum atomic E-state index is 4.25. The van der Waals surface area contributed by atoms with Gasteiger partial charge in [0.25, 0.3) is 0 Å². The number of benzene rings is 1. The number of rotatable bonds is 4. The Morgan fingerprint density at radius 2 is 1.94 bits per heavy atom. The molecule has 0 spiro atoms. The molecule has 16 heavy (non-hydrogen) atoms. The first kappa shape index (κ1) is 10.7. The highest BCUT2D eigenvalue weighted by Crippen LogP contribution is 2.08. The first-order chi connectivity index (χ1) is 7.74. The summed E-state index contributed by atoms with van der Waals surface area (Å²) in [6, 6.07) is 8.36. The Morgan fingerprint density at radius 1 is 1.19 bits per heavy atom. The van der Waals surface area contributed by atoms with Gasteiger partial charge in [0.05, 0.1) is 0 Å². The highest BCUT2D eigenvalue weighted by molar-refractivity contribution is 5.44. The number of aryl methyl sites for hydroxylation is 2. The molecule has 0 amide bonds. The van der Waals surface area contributed by atoms with E-state index >= 15 is 0 Å². The predicted octanol–water partition coefficient (Wildman–Crippen LogP) is 2.08. The molecule has 0 atom stereocenters. The molecule has 0 radical (unpaired) electrons. The largest absolute Gasteiger partial charge is 0.385 e. The van der Waals surface area contributed by atoms with Crippen molar-refractivity contribution >= 4 is 5.69 Å². The maximum Gasteiger partial charge on any atom is 0.152 e. The van der Waals surface area contributed by atoms with E-state index in [1.165, 1.54) is 5.56 Å². The molecular formula is C12H16N4. The number of anilines is 1. The predicted molar refractivity (Wildman–Crippen MR) is 64.5 cm³/mol. The lowest BCUT2D eigenvalue weighted by atomic mass is 10.2. The lowest BCUT2D eigenvalue weighted by molar-refractivity contribution is 0.901. The minimum atomic E-state index is 0.832. The van der Waals surface area contributed by atoms with Crippen LogP contribution in [0, 0.1) is 13.8 Å². The van der Waals surface area contributed by atoms with Crippen LogP contribution in [0.2, 0.25) is 0 Å². The first-order valence-electron chi connectivity index (χ1n) is 5.42. The molecule has 1 aromatic heterocycles. The van der Waals surface area contributed by atoms with Crippen molar-refractivity contribution in [2.45, 2.75) is 20.3 Å². The van der Waals surface area contributed by atoms with Crippen LogP contribution in [0.25, 0.3) is 0 Å². The van der Waals surface area contributed by atoms with Crippen LogP contribution in [-0.4, -0.2) is 21.7 Å². The van der Waals surface area contributed by atoms with Gasteiger partial charge >= 0.3 is 0 Å². The monoisotopic (exact) mass is 216 g/mol. The second-order valence-electron chi connectivity index (χ2n) is 3.88. The fraction of sp³-hybridized carbons (Fsp3) is 0.333. The Labute approximate surface area is 95.1 Å². The summed E-state index contributed by atoms with van der Waals surface area (Å²) in [5.41, 5.74) is 2.41. The molecule has 1 aromatic carbocycles. The Hall–Kier alpha value is -1.84. The molecule has 0 aliphatic rings. The SMILES string of the molecule is Cc1ccc(NCCc2n[nH]c(C)n2)cc1. The standard InChI is InChI=1S/C12H16N4/c1-9-3-5-11(6-4-9)13-8-7-12-14-10(2)15-16-12/h3-6,13H,7-8H2,1-2H3,(H,14,15,16). The summed E-state index contributed by atoms with van der Waals surface area (Å²) < 4.78 is 0. The molecule has 0 fully saturated rings. The Morgan fingerprint density at radius 3 is 2.56 bits per heavy atom.